The second-order valence-corrected chi connectivity index (χ2v) is 4.39. The third-order valence-electron chi connectivity index (χ3n) is 1.96. The number of ether oxygens (including phenoxy) is 2. The Balaban J connectivity index is 3.14. The Morgan fingerprint density at radius 1 is 1.06 bits per heavy atom. The van der Waals surface area contributed by atoms with Crippen molar-refractivity contribution in [3.63, 3.8) is 0 Å². The van der Waals surface area contributed by atoms with Gasteiger partial charge in [-0.05, 0) is 18.9 Å². The van der Waals surface area contributed by atoms with Crippen LogP contribution in [0.2, 0.25) is 0 Å². The van der Waals surface area contributed by atoms with Crippen LogP contribution in [0.5, 0.6) is 0 Å². The average molecular weight is 233 g/mol. The van der Waals surface area contributed by atoms with Gasteiger partial charge >= 0.3 is 0 Å². The highest BCUT2D eigenvalue weighted by atomic mass is 16.5. The smallest absolute Gasteiger partial charge is 0.0897 e. The molecular formula is C12H27NO3. The molecule has 0 fully saturated rings. The maximum absolute atomic E-state index is 9.54. The second kappa shape index (κ2) is 11.3. The zero-order valence-electron chi connectivity index (χ0n) is 10.9. The molecule has 0 saturated carbocycles. The van der Waals surface area contributed by atoms with E-state index in [1.165, 1.54) is 0 Å². The molecule has 0 aliphatic heterocycles. The molecule has 0 amide bonds. The van der Waals surface area contributed by atoms with Gasteiger partial charge in [0.15, 0.2) is 0 Å². The van der Waals surface area contributed by atoms with Gasteiger partial charge in [-0.15, -0.1) is 0 Å². The van der Waals surface area contributed by atoms with Crippen LogP contribution in [0, 0.1) is 5.92 Å². The molecule has 0 aliphatic rings. The minimum Gasteiger partial charge on any atom is -0.389 e. The summed E-state index contributed by atoms with van der Waals surface area (Å²) in [6.07, 6.45) is 0.604. The molecule has 0 rings (SSSR count). The van der Waals surface area contributed by atoms with Crippen LogP contribution < -0.4 is 5.32 Å². The van der Waals surface area contributed by atoms with Gasteiger partial charge in [-0.1, -0.05) is 20.8 Å². The van der Waals surface area contributed by atoms with Crippen molar-refractivity contribution in [1.29, 1.82) is 0 Å². The van der Waals surface area contributed by atoms with Gasteiger partial charge in [-0.3, -0.25) is 0 Å². The minimum absolute atomic E-state index is 0.376. The van der Waals surface area contributed by atoms with E-state index in [4.69, 9.17) is 9.47 Å². The van der Waals surface area contributed by atoms with Crippen molar-refractivity contribution in [3.8, 4) is 0 Å². The van der Waals surface area contributed by atoms with Crippen LogP contribution in [0.1, 0.15) is 27.2 Å². The average Bonchev–Trinajstić information content (AvgIpc) is 2.22. The number of hydrogen-bond acceptors (Lipinski definition) is 4. The molecule has 2 N–H and O–H groups in total. The molecular weight excluding hydrogens is 206 g/mol. The molecule has 0 saturated heterocycles. The lowest BCUT2D eigenvalue weighted by Gasteiger charge is -2.13. The zero-order chi connectivity index (χ0) is 12.2. The van der Waals surface area contributed by atoms with E-state index in [1.807, 2.05) is 0 Å². The molecule has 0 heterocycles. The van der Waals surface area contributed by atoms with Gasteiger partial charge in [0, 0.05) is 13.2 Å². The van der Waals surface area contributed by atoms with Gasteiger partial charge in [0.05, 0.1) is 25.9 Å². The molecule has 0 aromatic heterocycles. The first-order valence-corrected chi connectivity index (χ1v) is 6.21. The van der Waals surface area contributed by atoms with Gasteiger partial charge in [-0.2, -0.15) is 0 Å². The third-order valence-corrected chi connectivity index (χ3v) is 1.96. The lowest BCUT2D eigenvalue weighted by atomic mass is 10.2. The standard InChI is InChI=1S/C12H27NO3/c1-4-5-15-6-7-16-10-12(14)9-13-8-11(2)3/h11-14H,4-10H2,1-3H3. The Bertz CT molecular complexity index is 142. The summed E-state index contributed by atoms with van der Waals surface area (Å²) in [4.78, 5) is 0. The highest BCUT2D eigenvalue weighted by Gasteiger charge is 2.03. The lowest BCUT2D eigenvalue weighted by Crippen LogP contribution is -2.32. The fraction of sp³-hybridized carbons (Fsp3) is 1.00. The Labute approximate surface area is 99.3 Å². The number of nitrogens with one attached hydrogen (secondary N) is 1. The maximum atomic E-state index is 9.54. The van der Waals surface area contributed by atoms with Crippen molar-refractivity contribution in [2.24, 2.45) is 5.92 Å². The van der Waals surface area contributed by atoms with Crippen molar-refractivity contribution in [2.45, 2.75) is 33.3 Å². The lowest BCUT2D eigenvalue weighted by molar-refractivity contribution is 0.00434. The molecule has 0 radical (unpaired) electrons. The largest absolute Gasteiger partial charge is 0.389 e. The molecule has 1 atom stereocenters. The van der Waals surface area contributed by atoms with Crippen molar-refractivity contribution in [1.82, 2.24) is 5.32 Å². The van der Waals surface area contributed by atoms with Gasteiger partial charge in [-0.25, -0.2) is 0 Å². The van der Waals surface area contributed by atoms with Crippen LogP contribution in [-0.4, -0.2) is 50.7 Å². The normalized spacial score (nSPS) is 13.3. The third kappa shape index (κ3) is 11.9. The predicted molar refractivity (Wildman–Crippen MR) is 65.6 cm³/mol. The van der Waals surface area contributed by atoms with Crippen LogP contribution in [0.25, 0.3) is 0 Å². The van der Waals surface area contributed by atoms with Gasteiger partial charge < -0.3 is 19.9 Å². The van der Waals surface area contributed by atoms with E-state index >= 15 is 0 Å². The highest BCUT2D eigenvalue weighted by molar-refractivity contribution is 4.59. The number of hydrogen-bond donors (Lipinski definition) is 2. The monoisotopic (exact) mass is 233 g/mol. The molecule has 98 valence electrons. The van der Waals surface area contributed by atoms with Gasteiger partial charge in [0.2, 0.25) is 0 Å². The summed E-state index contributed by atoms with van der Waals surface area (Å²) in [7, 11) is 0. The summed E-state index contributed by atoms with van der Waals surface area (Å²) in [5.41, 5.74) is 0. The van der Waals surface area contributed by atoms with E-state index in [-0.39, 0.29) is 0 Å². The molecule has 0 spiro atoms. The first kappa shape index (κ1) is 15.8. The minimum atomic E-state index is -0.426. The van der Waals surface area contributed by atoms with Crippen molar-refractivity contribution in [3.05, 3.63) is 0 Å². The highest BCUT2D eigenvalue weighted by Crippen LogP contribution is 1.89. The van der Waals surface area contributed by atoms with Crippen molar-refractivity contribution < 1.29 is 14.6 Å². The zero-order valence-corrected chi connectivity index (χ0v) is 10.9. The Morgan fingerprint density at radius 3 is 2.38 bits per heavy atom. The number of rotatable bonds is 11. The van der Waals surface area contributed by atoms with E-state index < -0.39 is 6.10 Å². The first-order chi connectivity index (χ1) is 7.66. The van der Waals surface area contributed by atoms with Gasteiger partial charge in [0.1, 0.15) is 0 Å². The molecule has 0 aliphatic carbocycles. The molecule has 16 heavy (non-hydrogen) atoms. The quantitative estimate of drug-likeness (QED) is 0.524. The van der Waals surface area contributed by atoms with Crippen molar-refractivity contribution in [2.75, 3.05) is 39.5 Å². The Kier molecular flexibility index (Phi) is 11.2. The Morgan fingerprint density at radius 2 is 1.75 bits per heavy atom. The molecule has 0 aromatic rings. The maximum Gasteiger partial charge on any atom is 0.0897 e. The van der Waals surface area contributed by atoms with Crippen LogP contribution in [-0.2, 0) is 9.47 Å². The fourth-order valence-corrected chi connectivity index (χ4v) is 1.18. The molecule has 0 bridgehead atoms. The van der Waals surface area contributed by atoms with E-state index in [0.29, 0.717) is 32.3 Å². The van der Waals surface area contributed by atoms with E-state index in [2.05, 4.69) is 26.1 Å². The summed E-state index contributed by atoms with van der Waals surface area (Å²) in [6.45, 7) is 10.2. The summed E-state index contributed by atoms with van der Waals surface area (Å²) in [5, 5.41) is 12.7. The van der Waals surface area contributed by atoms with Crippen LogP contribution in [0.15, 0.2) is 0 Å². The summed E-state index contributed by atoms with van der Waals surface area (Å²) >= 11 is 0. The second-order valence-electron chi connectivity index (χ2n) is 4.39. The topological polar surface area (TPSA) is 50.7 Å². The summed E-state index contributed by atoms with van der Waals surface area (Å²) < 4.78 is 10.5. The molecule has 4 nitrogen and oxygen atoms in total. The van der Waals surface area contributed by atoms with E-state index in [1.54, 1.807) is 0 Å². The Hall–Kier alpha value is -0.160. The fourth-order valence-electron chi connectivity index (χ4n) is 1.18. The van der Waals surface area contributed by atoms with Crippen LogP contribution in [0.4, 0.5) is 0 Å². The number of aliphatic hydroxyl groups excluding tert-OH is 1. The SMILES string of the molecule is CCCOCCOCC(O)CNCC(C)C. The summed E-state index contributed by atoms with van der Waals surface area (Å²) in [5.74, 6) is 0.607. The van der Waals surface area contributed by atoms with Gasteiger partial charge in [0.25, 0.3) is 0 Å². The molecule has 1 unspecified atom stereocenters. The number of aliphatic hydroxyl groups is 1. The van der Waals surface area contributed by atoms with Crippen LogP contribution in [0.3, 0.4) is 0 Å². The molecule has 4 heteroatoms. The predicted octanol–water partition coefficient (Wildman–Crippen LogP) is 1.04. The van der Waals surface area contributed by atoms with E-state index in [9.17, 15) is 5.11 Å². The van der Waals surface area contributed by atoms with Crippen molar-refractivity contribution >= 4 is 0 Å². The first-order valence-electron chi connectivity index (χ1n) is 6.21. The van der Waals surface area contributed by atoms with Crippen LogP contribution >= 0.6 is 0 Å². The molecule has 0 aromatic carbocycles. The summed E-state index contributed by atoms with van der Waals surface area (Å²) in [6, 6.07) is 0. The van der Waals surface area contributed by atoms with E-state index in [0.717, 1.165) is 19.6 Å².